The maximum Gasteiger partial charge on any atom is 0.257 e. The lowest BCUT2D eigenvalue weighted by atomic mass is 10.0. The maximum absolute atomic E-state index is 12.4. The molecule has 0 bridgehead atoms. The summed E-state index contributed by atoms with van der Waals surface area (Å²) in [7, 11) is 0. The summed E-state index contributed by atoms with van der Waals surface area (Å²) in [6.07, 6.45) is 8.33. The van der Waals surface area contributed by atoms with Gasteiger partial charge in [0.25, 0.3) is 5.91 Å². The average molecular weight is 323 g/mol. The molecular weight excluding hydrogens is 298 g/mol. The smallest absolute Gasteiger partial charge is 0.257 e. The summed E-state index contributed by atoms with van der Waals surface area (Å²) >= 11 is 0. The SMILES string of the molecule is CC(C)c1ccc(NC(=O)c2cncc(NC3CCCC3)c2)cc1. The fourth-order valence-electron chi connectivity index (χ4n) is 3.10. The number of anilines is 2. The highest BCUT2D eigenvalue weighted by atomic mass is 16.1. The third-order valence-electron chi connectivity index (χ3n) is 4.56. The van der Waals surface area contributed by atoms with E-state index in [1.807, 2.05) is 18.2 Å². The zero-order valence-electron chi connectivity index (χ0n) is 14.4. The molecule has 1 aromatic heterocycles. The molecular formula is C20H25N3O. The first kappa shape index (κ1) is 16.5. The van der Waals surface area contributed by atoms with Crippen molar-refractivity contribution in [3.63, 3.8) is 0 Å². The Balaban J connectivity index is 1.65. The van der Waals surface area contributed by atoms with E-state index in [2.05, 4.69) is 41.6 Å². The van der Waals surface area contributed by atoms with Crippen molar-refractivity contribution in [3.05, 3.63) is 53.9 Å². The van der Waals surface area contributed by atoms with E-state index < -0.39 is 0 Å². The number of nitrogens with one attached hydrogen (secondary N) is 2. The molecule has 2 N–H and O–H groups in total. The Morgan fingerprint density at radius 1 is 1.08 bits per heavy atom. The van der Waals surface area contributed by atoms with Gasteiger partial charge < -0.3 is 10.6 Å². The zero-order valence-corrected chi connectivity index (χ0v) is 14.4. The number of amides is 1. The summed E-state index contributed by atoms with van der Waals surface area (Å²) in [5, 5.41) is 6.42. The van der Waals surface area contributed by atoms with Crippen LogP contribution in [0.25, 0.3) is 0 Å². The van der Waals surface area contributed by atoms with E-state index in [4.69, 9.17) is 0 Å². The predicted octanol–water partition coefficient (Wildman–Crippen LogP) is 4.81. The van der Waals surface area contributed by atoms with Crippen LogP contribution >= 0.6 is 0 Å². The number of carbonyl (C=O) groups is 1. The van der Waals surface area contributed by atoms with Crippen LogP contribution in [0.1, 0.15) is 61.4 Å². The van der Waals surface area contributed by atoms with Gasteiger partial charge in [-0.3, -0.25) is 9.78 Å². The highest BCUT2D eigenvalue weighted by molar-refractivity contribution is 6.04. The van der Waals surface area contributed by atoms with Crippen LogP contribution < -0.4 is 10.6 Å². The van der Waals surface area contributed by atoms with E-state index in [1.165, 1.54) is 31.2 Å². The Morgan fingerprint density at radius 3 is 2.46 bits per heavy atom. The lowest BCUT2D eigenvalue weighted by Crippen LogP contribution is -2.16. The largest absolute Gasteiger partial charge is 0.381 e. The van der Waals surface area contributed by atoms with Crippen LogP contribution in [-0.4, -0.2) is 16.9 Å². The highest BCUT2D eigenvalue weighted by Crippen LogP contribution is 2.22. The summed E-state index contributed by atoms with van der Waals surface area (Å²) < 4.78 is 0. The summed E-state index contributed by atoms with van der Waals surface area (Å²) in [5.41, 5.74) is 3.56. The van der Waals surface area contributed by atoms with Crippen LogP contribution in [0.4, 0.5) is 11.4 Å². The van der Waals surface area contributed by atoms with Gasteiger partial charge in [0.05, 0.1) is 11.3 Å². The van der Waals surface area contributed by atoms with Gasteiger partial charge in [-0.05, 0) is 42.5 Å². The molecule has 0 spiro atoms. The van der Waals surface area contributed by atoms with Crippen molar-refractivity contribution in [3.8, 4) is 0 Å². The second-order valence-electron chi connectivity index (χ2n) is 6.82. The molecule has 24 heavy (non-hydrogen) atoms. The van der Waals surface area contributed by atoms with Gasteiger partial charge in [0.1, 0.15) is 0 Å². The quantitative estimate of drug-likeness (QED) is 0.830. The highest BCUT2D eigenvalue weighted by Gasteiger charge is 2.15. The normalized spacial score (nSPS) is 14.8. The molecule has 0 atom stereocenters. The lowest BCUT2D eigenvalue weighted by Gasteiger charge is -2.14. The van der Waals surface area contributed by atoms with Crippen LogP contribution in [0, 0.1) is 0 Å². The Morgan fingerprint density at radius 2 is 1.79 bits per heavy atom. The molecule has 1 aliphatic carbocycles. The molecule has 0 unspecified atom stereocenters. The molecule has 1 saturated carbocycles. The molecule has 4 nitrogen and oxygen atoms in total. The first-order valence-electron chi connectivity index (χ1n) is 8.75. The standard InChI is InChI=1S/C20H25N3O/c1-14(2)15-7-9-18(10-8-15)23-20(24)16-11-19(13-21-12-16)22-17-5-3-4-6-17/h7-14,17,22H,3-6H2,1-2H3,(H,23,24). The Labute approximate surface area is 143 Å². The van der Waals surface area contributed by atoms with Crippen molar-refractivity contribution in [1.29, 1.82) is 0 Å². The number of aromatic nitrogens is 1. The Hall–Kier alpha value is -2.36. The average Bonchev–Trinajstić information content (AvgIpc) is 3.08. The van der Waals surface area contributed by atoms with Gasteiger partial charge >= 0.3 is 0 Å². The second kappa shape index (κ2) is 7.47. The van der Waals surface area contributed by atoms with Gasteiger partial charge in [-0.25, -0.2) is 0 Å². The molecule has 2 aromatic rings. The summed E-state index contributed by atoms with van der Waals surface area (Å²) in [6.45, 7) is 4.31. The maximum atomic E-state index is 12.4. The van der Waals surface area contributed by atoms with E-state index in [9.17, 15) is 4.79 Å². The topological polar surface area (TPSA) is 54.0 Å². The fourth-order valence-corrected chi connectivity index (χ4v) is 3.10. The third-order valence-corrected chi connectivity index (χ3v) is 4.56. The molecule has 0 saturated heterocycles. The molecule has 1 aliphatic rings. The van der Waals surface area contributed by atoms with E-state index in [0.29, 0.717) is 17.5 Å². The molecule has 1 aromatic carbocycles. The number of rotatable bonds is 5. The van der Waals surface area contributed by atoms with E-state index in [0.717, 1.165) is 11.4 Å². The number of hydrogen-bond acceptors (Lipinski definition) is 3. The predicted molar refractivity (Wildman–Crippen MR) is 98.6 cm³/mol. The summed E-state index contributed by atoms with van der Waals surface area (Å²) in [4.78, 5) is 16.6. The fraction of sp³-hybridized carbons (Fsp3) is 0.400. The first-order valence-corrected chi connectivity index (χ1v) is 8.75. The van der Waals surface area contributed by atoms with Crippen LogP contribution in [0.5, 0.6) is 0 Å². The monoisotopic (exact) mass is 323 g/mol. The minimum Gasteiger partial charge on any atom is -0.381 e. The molecule has 0 aliphatic heterocycles. The summed E-state index contributed by atoms with van der Waals surface area (Å²) in [5.74, 6) is 0.354. The molecule has 3 rings (SSSR count). The van der Waals surface area contributed by atoms with Gasteiger partial charge in [-0.2, -0.15) is 0 Å². The number of carbonyl (C=O) groups excluding carboxylic acids is 1. The van der Waals surface area contributed by atoms with Gasteiger partial charge in [-0.15, -0.1) is 0 Å². The zero-order chi connectivity index (χ0) is 16.9. The van der Waals surface area contributed by atoms with E-state index >= 15 is 0 Å². The van der Waals surface area contributed by atoms with Crippen molar-refractivity contribution in [2.45, 2.75) is 51.5 Å². The van der Waals surface area contributed by atoms with Crippen molar-refractivity contribution >= 4 is 17.3 Å². The molecule has 4 heteroatoms. The molecule has 1 fully saturated rings. The van der Waals surface area contributed by atoms with Gasteiger partial charge in [-0.1, -0.05) is 38.8 Å². The minimum absolute atomic E-state index is 0.130. The first-order chi connectivity index (χ1) is 11.6. The van der Waals surface area contributed by atoms with Crippen LogP contribution in [-0.2, 0) is 0 Å². The van der Waals surface area contributed by atoms with Crippen LogP contribution in [0.3, 0.4) is 0 Å². The van der Waals surface area contributed by atoms with E-state index in [-0.39, 0.29) is 5.91 Å². The van der Waals surface area contributed by atoms with Gasteiger partial charge in [0.15, 0.2) is 0 Å². The van der Waals surface area contributed by atoms with Crippen molar-refractivity contribution in [1.82, 2.24) is 4.98 Å². The van der Waals surface area contributed by atoms with Gasteiger partial charge in [0, 0.05) is 24.1 Å². The third kappa shape index (κ3) is 4.13. The molecule has 126 valence electrons. The Bertz CT molecular complexity index is 688. The molecule has 1 heterocycles. The number of hydrogen-bond donors (Lipinski definition) is 2. The van der Waals surface area contributed by atoms with Crippen molar-refractivity contribution in [2.24, 2.45) is 0 Å². The summed E-state index contributed by atoms with van der Waals surface area (Å²) in [6, 6.07) is 10.4. The molecule has 1 amide bonds. The van der Waals surface area contributed by atoms with Crippen molar-refractivity contribution in [2.75, 3.05) is 10.6 Å². The van der Waals surface area contributed by atoms with Crippen molar-refractivity contribution < 1.29 is 4.79 Å². The van der Waals surface area contributed by atoms with Crippen LogP contribution in [0.2, 0.25) is 0 Å². The minimum atomic E-state index is -0.130. The number of benzene rings is 1. The van der Waals surface area contributed by atoms with E-state index in [1.54, 1.807) is 12.4 Å². The molecule has 0 radical (unpaired) electrons. The van der Waals surface area contributed by atoms with Gasteiger partial charge in [0.2, 0.25) is 0 Å². The second-order valence-corrected chi connectivity index (χ2v) is 6.82. The number of nitrogens with zero attached hydrogens (tertiary/aromatic N) is 1. The lowest BCUT2D eigenvalue weighted by molar-refractivity contribution is 0.102. The van der Waals surface area contributed by atoms with Crippen LogP contribution in [0.15, 0.2) is 42.7 Å². The number of pyridine rings is 1. The Kier molecular flexibility index (Phi) is 5.14.